The number of furan rings is 1. The largest absolute Gasteiger partial charge is 0.466 e. The number of aryl methyl sites for hydroxylation is 3. The number of nitrogens with one attached hydrogen (secondary N) is 2. The van der Waals surface area contributed by atoms with Crippen molar-refractivity contribution in [1.82, 2.24) is 14.9 Å². The van der Waals surface area contributed by atoms with Gasteiger partial charge in [-0.2, -0.15) is 0 Å². The average molecular weight is 469 g/mol. The molecule has 0 unspecified atom stereocenters. The summed E-state index contributed by atoms with van der Waals surface area (Å²) in [6.45, 7) is 8.88. The zero-order valence-corrected chi connectivity index (χ0v) is 19.7. The van der Waals surface area contributed by atoms with Gasteiger partial charge in [-0.05, 0) is 71.0 Å². The van der Waals surface area contributed by atoms with Crippen LogP contribution >= 0.6 is 0 Å². The van der Waals surface area contributed by atoms with E-state index in [1.807, 2.05) is 19.9 Å². The lowest BCUT2D eigenvalue weighted by atomic mass is 10.1. The smallest absolute Gasteiger partial charge is 0.259 e. The van der Waals surface area contributed by atoms with Gasteiger partial charge in [-0.1, -0.05) is 5.16 Å². The summed E-state index contributed by atoms with van der Waals surface area (Å²) in [4.78, 5) is 17.8. The Hall–Kier alpha value is -3.50. The summed E-state index contributed by atoms with van der Waals surface area (Å²) in [5.74, 6) is 1.00. The van der Waals surface area contributed by atoms with Crippen molar-refractivity contribution in [3.63, 3.8) is 0 Å². The molecular weight excluding hydrogens is 444 g/mol. The number of sulfonamides is 1. The Labute approximate surface area is 191 Å². The fraction of sp³-hybridized carbons (Fsp3) is 0.261. The quantitative estimate of drug-likeness (QED) is 0.431. The summed E-state index contributed by atoms with van der Waals surface area (Å²) in [5.41, 5.74) is 2.85. The van der Waals surface area contributed by atoms with E-state index in [4.69, 9.17) is 8.94 Å². The van der Waals surface area contributed by atoms with Crippen molar-refractivity contribution in [1.29, 1.82) is 0 Å². The third-order valence-electron chi connectivity index (χ3n) is 4.99. The number of pyridine rings is 1. The second kappa shape index (κ2) is 8.45. The molecule has 3 aromatic heterocycles. The van der Waals surface area contributed by atoms with E-state index in [2.05, 4.69) is 20.2 Å². The predicted octanol–water partition coefficient (Wildman–Crippen LogP) is 4.35. The van der Waals surface area contributed by atoms with Crippen LogP contribution in [-0.4, -0.2) is 30.5 Å². The second-order valence-corrected chi connectivity index (χ2v) is 9.80. The highest BCUT2D eigenvalue weighted by atomic mass is 32.2. The molecule has 1 aromatic carbocycles. The summed E-state index contributed by atoms with van der Waals surface area (Å²) >= 11 is 0. The SMILES string of the molecule is Cc1cc(-c2cc(C(=O)Nc3ccc(S(=O)(=O)NC(C)C)cc3)c3c(C)noc3n2)c(C)o1. The molecule has 4 rings (SSSR count). The number of nitrogens with zero attached hydrogens (tertiary/aromatic N) is 2. The molecule has 33 heavy (non-hydrogen) atoms. The lowest BCUT2D eigenvalue weighted by molar-refractivity contribution is 0.102. The molecule has 0 fully saturated rings. The van der Waals surface area contributed by atoms with E-state index in [1.54, 1.807) is 26.8 Å². The number of hydrogen-bond acceptors (Lipinski definition) is 7. The first-order valence-electron chi connectivity index (χ1n) is 10.3. The van der Waals surface area contributed by atoms with Gasteiger partial charge in [0.2, 0.25) is 10.0 Å². The maximum Gasteiger partial charge on any atom is 0.259 e. The average Bonchev–Trinajstić information content (AvgIpc) is 3.28. The second-order valence-electron chi connectivity index (χ2n) is 8.08. The molecule has 0 aliphatic heterocycles. The molecule has 0 radical (unpaired) electrons. The van der Waals surface area contributed by atoms with E-state index < -0.39 is 15.9 Å². The van der Waals surface area contributed by atoms with Crippen LogP contribution in [-0.2, 0) is 10.0 Å². The third kappa shape index (κ3) is 4.53. The Bertz CT molecular complexity index is 1450. The van der Waals surface area contributed by atoms with Crippen molar-refractivity contribution in [2.75, 3.05) is 5.32 Å². The van der Waals surface area contributed by atoms with Gasteiger partial charge < -0.3 is 14.3 Å². The molecule has 0 saturated heterocycles. The summed E-state index contributed by atoms with van der Waals surface area (Å²) in [7, 11) is -3.62. The van der Waals surface area contributed by atoms with E-state index in [0.717, 1.165) is 11.3 Å². The van der Waals surface area contributed by atoms with Crippen LogP contribution in [0.2, 0.25) is 0 Å². The van der Waals surface area contributed by atoms with E-state index in [1.165, 1.54) is 24.3 Å². The molecule has 0 aliphatic rings. The van der Waals surface area contributed by atoms with Crippen molar-refractivity contribution in [3.05, 3.63) is 59.2 Å². The van der Waals surface area contributed by atoms with Gasteiger partial charge in [0.15, 0.2) is 0 Å². The zero-order valence-electron chi connectivity index (χ0n) is 18.9. The van der Waals surface area contributed by atoms with Crippen molar-refractivity contribution in [2.45, 2.75) is 45.6 Å². The number of amides is 1. The van der Waals surface area contributed by atoms with Gasteiger partial charge in [0, 0.05) is 17.3 Å². The Morgan fingerprint density at radius 2 is 1.76 bits per heavy atom. The molecule has 172 valence electrons. The highest BCUT2D eigenvalue weighted by Gasteiger charge is 2.21. The molecule has 2 N–H and O–H groups in total. The number of anilines is 1. The summed E-state index contributed by atoms with van der Waals surface area (Å²) < 4.78 is 38.1. The summed E-state index contributed by atoms with van der Waals surface area (Å²) in [6, 6.07) is 9.24. The Balaban J connectivity index is 1.68. The normalized spacial score (nSPS) is 11.9. The molecule has 4 aromatic rings. The van der Waals surface area contributed by atoms with E-state index in [0.29, 0.717) is 33.8 Å². The summed E-state index contributed by atoms with van der Waals surface area (Å²) in [5, 5.41) is 7.28. The van der Waals surface area contributed by atoms with Gasteiger partial charge in [0.1, 0.15) is 11.5 Å². The number of carbonyl (C=O) groups excluding carboxylic acids is 1. The molecular formula is C23H24N4O5S. The minimum absolute atomic E-state index is 0.114. The third-order valence-corrected chi connectivity index (χ3v) is 6.67. The van der Waals surface area contributed by atoms with Crippen LogP contribution in [0.4, 0.5) is 5.69 Å². The Morgan fingerprint density at radius 1 is 1.06 bits per heavy atom. The zero-order chi connectivity index (χ0) is 23.9. The van der Waals surface area contributed by atoms with Crippen molar-refractivity contribution in [3.8, 4) is 11.3 Å². The Kier molecular flexibility index (Phi) is 5.81. The lowest BCUT2D eigenvalue weighted by Gasteiger charge is -2.11. The molecule has 3 heterocycles. The van der Waals surface area contributed by atoms with Crippen LogP contribution in [0.3, 0.4) is 0 Å². The maximum atomic E-state index is 13.2. The first-order valence-corrected chi connectivity index (χ1v) is 11.8. The fourth-order valence-corrected chi connectivity index (χ4v) is 4.84. The predicted molar refractivity (Wildman–Crippen MR) is 124 cm³/mol. The molecule has 1 amide bonds. The van der Waals surface area contributed by atoms with E-state index >= 15 is 0 Å². The van der Waals surface area contributed by atoms with Crippen LogP contribution in [0.15, 0.2) is 50.2 Å². The topological polar surface area (TPSA) is 127 Å². The molecule has 0 spiro atoms. The van der Waals surface area contributed by atoms with Crippen molar-refractivity contribution < 1.29 is 22.2 Å². The van der Waals surface area contributed by atoms with Crippen LogP contribution in [0.25, 0.3) is 22.4 Å². The van der Waals surface area contributed by atoms with Crippen LogP contribution in [0, 0.1) is 20.8 Å². The molecule has 0 atom stereocenters. The highest BCUT2D eigenvalue weighted by molar-refractivity contribution is 7.89. The monoisotopic (exact) mass is 468 g/mol. The fourth-order valence-electron chi connectivity index (χ4n) is 3.59. The van der Waals surface area contributed by atoms with Crippen LogP contribution in [0.5, 0.6) is 0 Å². The molecule has 0 bridgehead atoms. The number of aromatic nitrogens is 2. The van der Waals surface area contributed by atoms with Crippen molar-refractivity contribution >= 4 is 32.7 Å². The number of rotatable bonds is 6. The molecule has 0 saturated carbocycles. The lowest BCUT2D eigenvalue weighted by Crippen LogP contribution is -2.30. The van der Waals surface area contributed by atoms with Gasteiger partial charge >= 0.3 is 0 Å². The van der Waals surface area contributed by atoms with Crippen LogP contribution < -0.4 is 10.0 Å². The maximum absolute atomic E-state index is 13.2. The number of benzene rings is 1. The molecule has 0 aliphatic carbocycles. The standard InChI is InChI=1S/C23H24N4O5S/c1-12(2)27-33(29,30)17-8-6-16(7-9-17)24-22(28)19-11-20(18-10-13(3)31-15(18)5)25-23-21(19)14(4)26-32-23/h6-12,27H,1-5H3,(H,24,28). The van der Waals surface area contributed by atoms with Gasteiger partial charge in [0.05, 0.1) is 27.2 Å². The van der Waals surface area contributed by atoms with Crippen molar-refractivity contribution in [2.24, 2.45) is 0 Å². The van der Waals surface area contributed by atoms with Gasteiger partial charge in [-0.15, -0.1) is 0 Å². The first-order chi connectivity index (χ1) is 15.5. The number of hydrogen-bond donors (Lipinski definition) is 2. The van der Waals surface area contributed by atoms with E-state index in [9.17, 15) is 13.2 Å². The summed E-state index contributed by atoms with van der Waals surface area (Å²) in [6.07, 6.45) is 0. The molecule has 10 heteroatoms. The minimum atomic E-state index is -3.62. The van der Waals surface area contributed by atoms with Crippen LogP contribution in [0.1, 0.15) is 41.4 Å². The number of fused-ring (bicyclic) bond motifs is 1. The van der Waals surface area contributed by atoms with Gasteiger partial charge in [-0.3, -0.25) is 4.79 Å². The highest BCUT2D eigenvalue weighted by Crippen LogP contribution is 2.31. The van der Waals surface area contributed by atoms with Gasteiger partial charge in [0.25, 0.3) is 11.6 Å². The minimum Gasteiger partial charge on any atom is -0.466 e. The first kappa shape index (κ1) is 22.7. The molecule has 9 nitrogen and oxygen atoms in total. The van der Waals surface area contributed by atoms with E-state index in [-0.39, 0.29) is 16.7 Å². The number of carbonyl (C=O) groups is 1. The Morgan fingerprint density at radius 3 is 2.36 bits per heavy atom. The van der Waals surface area contributed by atoms with Gasteiger partial charge in [-0.25, -0.2) is 18.1 Å².